The minimum absolute atomic E-state index is 0.101. The maximum absolute atomic E-state index is 3.52. The zero-order valence-corrected chi connectivity index (χ0v) is 9.74. The van der Waals surface area contributed by atoms with Crippen LogP contribution in [0.2, 0.25) is 0 Å². The topological polar surface area (TPSA) is 24.1 Å². The monoisotopic (exact) mass is 186 g/mol. The zero-order valence-electron chi connectivity index (χ0n) is 9.74. The molecule has 0 aliphatic carbocycles. The zero-order chi connectivity index (χ0) is 10.2. The normalized spacial score (nSPS) is 12.0. The highest BCUT2D eigenvalue weighted by Gasteiger charge is 2.13. The molecular formula is C11H26N2. The molecule has 0 rings (SSSR count). The minimum Gasteiger partial charge on any atom is -0.300 e. The van der Waals surface area contributed by atoms with E-state index < -0.39 is 0 Å². The predicted octanol–water partition coefficient (Wildman–Crippen LogP) is 2.50. The first-order valence-electron chi connectivity index (χ1n) is 5.62. The average molecular weight is 186 g/mol. The standard InChI is InChI=1S/C11H26N2/c1-5-7-8-10-13-11(3,4)12-9-6-2/h12-13H,5-10H2,1-4H3. The number of nitrogens with one attached hydrogen (secondary N) is 2. The van der Waals surface area contributed by atoms with Crippen molar-refractivity contribution >= 4 is 0 Å². The van der Waals surface area contributed by atoms with Gasteiger partial charge in [0.05, 0.1) is 5.66 Å². The second-order valence-corrected chi connectivity index (χ2v) is 4.19. The Bertz CT molecular complexity index is 111. The second-order valence-electron chi connectivity index (χ2n) is 4.19. The van der Waals surface area contributed by atoms with Crippen molar-refractivity contribution in [2.24, 2.45) is 0 Å². The summed E-state index contributed by atoms with van der Waals surface area (Å²) in [7, 11) is 0. The van der Waals surface area contributed by atoms with Crippen molar-refractivity contribution in [3.8, 4) is 0 Å². The molecule has 0 heterocycles. The van der Waals surface area contributed by atoms with Gasteiger partial charge < -0.3 is 0 Å². The molecule has 80 valence electrons. The highest BCUT2D eigenvalue weighted by molar-refractivity contribution is 4.73. The Morgan fingerprint density at radius 3 is 2.00 bits per heavy atom. The fraction of sp³-hybridized carbons (Fsp3) is 1.00. The van der Waals surface area contributed by atoms with E-state index in [-0.39, 0.29) is 5.66 Å². The van der Waals surface area contributed by atoms with Gasteiger partial charge in [-0.15, -0.1) is 0 Å². The first-order valence-corrected chi connectivity index (χ1v) is 5.62. The summed E-state index contributed by atoms with van der Waals surface area (Å²) in [6, 6.07) is 0. The van der Waals surface area contributed by atoms with Crippen molar-refractivity contribution in [2.75, 3.05) is 13.1 Å². The van der Waals surface area contributed by atoms with Crippen LogP contribution in [0.3, 0.4) is 0 Å². The summed E-state index contributed by atoms with van der Waals surface area (Å²) in [4.78, 5) is 0. The lowest BCUT2D eigenvalue weighted by Gasteiger charge is -2.27. The van der Waals surface area contributed by atoms with Gasteiger partial charge in [0.2, 0.25) is 0 Å². The molecule has 0 spiro atoms. The van der Waals surface area contributed by atoms with Gasteiger partial charge in [-0.1, -0.05) is 26.7 Å². The largest absolute Gasteiger partial charge is 0.300 e. The van der Waals surface area contributed by atoms with Crippen LogP contribution in [0.1, 0.15) is 53.4 Å². The van der Waals surface area contributed by atoms with Gasteiger partial charge in [0.15, 0.2) is 0 Å². The van der Waals surface area contributed by atoms with Crippen LogP contribution in [-0.2, 0) is 0 Å². The van der Waals surface area contributed by atoms with E-state index in [9.17, 15) is 0 Å². The summed E-state index contributed by atoms with van der Waals surface area (Å²) in [6.07, 6.45) is 5.11. The summed E-state index contributed by atoms with van der Waals surface area (Å²) < 4.78 is 0. The minimum atomic E-state index is 0.101. The molecule has 0 fully saturated rings. The van der Waals surface area contributed by atoms with Gasteiger partial charge in [0, 0.05) is 0 Å². The molecule has 2 N–H and O–H groups in total. The third kappa shape index (κ3) is 8.26. The van der Waals surface area contributed by atoms with Gasteiger partial charge >= 0.3 is 0 Å². The van der Waals surface area contributed by atoms with Crippen LogP contribution in [0.4, 0.5) is 0 Å². The molecule has 0 saturated carbocycles. The smallest absolute Gasteiger partial charge is 0.0629 e. The van der Waals surface area contributed by atoms with Crippen LogP contribution < -0.4 is 10.6 Å². The van der Waals surface area contributed by atoms with Crippen molar-refractivity contribution in [2.45, 2.75) is 59.0 Å². The fourth-order valence-corrected chi connectivity index (χ4v) is 1.28. The Balaban J connectivity index is 3.39. The lowest BCUT2D eigenvalue weighted by molar-refractivity contribution is 0.309. The molecule has 0 aliphatic rings. The van der Waals surface area contributed by atoms with E-state index in [0.29, 0.717) is 0 Å². The molecule has 0 aliphatic heterocycles. The molecule has 0 saturated heterocycles. The third-order valence-electron chi connectivity index (χ3n) is 2.16. The lowest BCUT2D eigenvalue weighted by atomic mass is 10.2. The van der Waals surface area contributed by atoms with Crippen LogP contribution in [0.25, 0.3) is 0 Å². The molecule has 0 aromatic rings. The van der Waals surface area contributed by atoms with E-state index >= 15 is 0 Å². The van der Waals surface area contributed by atoms with Crippen molar-refractivity contribution in [3.05, 3.63) is 0 Å². The summed E-state index contributed by atoms with van der Waals surface area (Å²) in [6.45, 7) is 11.1. The van der Waals surface area contributed by atoms with E-state index in [1.807, 2.05) is 0 Å². The molecule has 0 unspecified atom stereocenters. The third-order valence-corrected chi connectivity index (χ3v) is 2.16. The van der Waals surface area contributed by atoms with Gasteiger partial charge in [-0.2, -0.15) is 0 Å². The maximum atomic E-state index is 3.52. The first-order chi connectivity index (χ1) is 6.12. The van der Waals surface area contributed by atoms with Gasteiger partial charge in [0.1, 0.15) is 0 Å². The van der Waals surface area contributed by atoms with Gasteiger partial charge in [-0.05, 0) is 39.8 Å². The van der Waals surface area contributed by atoms with E-state index in [1.165, 1.54) is 25.7 Å². The van der Waals surface area contributed by atoms with Crippen LogP contribution in [0.15, 0.2) is 0 Å². The Morgan fingerprint density at radius 1 is 0.846 bits per heavy atom. The number of hydrogen-bond acceptors (Lipinski definition) is 2. The highest BCUT2D eigenvalue weighted by Crippen LogP contribution is 1.98. The Hall–Kier alpha value is -0.0800. The quantitative estimate of drug-likeness (QED) is 0.449. The van der Waals surface area contributed by atoms with E-state index in [4.69, 9.17) is 0 Å². The van der Waals surface area contributed by atoms with Crippen molar-refractivity contribution < 1.29 is 0 Å². The van der Waals surface area contributed by atoms with Crippen LogP contribution >= 0.6 is 0 Å². The second kappa shape index (κ2) is 7.34. The molecule has 0 aromatic carbocycles. The summed E-state index contributed by atoms with van der Waals surface area (Å²) in [5.74, 6) is 0. The SMILES string of the molecule is CCCCCNC(C)(C)NCCC. The van der Waals surface area contributed by atoms with E-state index in [2.05, 4.69) is 38.3 Å². The summed E-state index contributed by atoms with van der Waals surface area (Å²) in [5.41, 5.74) is 0.101. The van der Waals surface area contributed by atoms with Crippen LogP contribution in [0, 0.1) is 0 Å². The Kier molecular flexibility index (Phi) is 7.29. The summed E-state index contributed by atoms with van der Waals surface area (Å²) in [5, 5.41) is 6.99. The van der Waals surface area contributed by atoms with Gasteiger partial charge in [0.25, 0.3) is 0 Å². The van der Waals surface area contributed by atoms with E-state index in [1.54, 1.807) is 0 Å². The van der Waals surface area contributed by atoms with Crippen molar-refractivity contribution in [1.82, 2.24) is 10.6 Å². The van der Waals surface area contributed by atoms with Crippen LogP contribution in [-0.4, -0.2) is 18.8 Å². The predicted molar refractivity (Wildman–Crippen MR) is 59.9 cm³/mol. The van der Waals surface area contributed by atoms with Crippen molar-refractivity contribution in [1.29, 1.82) is 0 Å². The average Bonchev–Trinajstić information content (AvgIpc) is 2.09. The van der Waals surface area contributed by atoms with E-state index in [0.717, 1.165) is 13.1 Å². The summed E-state index contributed by atoms with van der Waals surface area (Å²) >= 11 is 0. The van der Waals surface area contributed by atoms with Crippen molar-refractivity contribution in [3.63, 3.8) is 0 Å². The maximum Gasteiger partial charge on any atom is 0.0629 e. The highest BCUT2D eigenvalue weighted by atomic mass is 15.2. The van der Waals surface area contributed by atoms with Crippen LogP contribution in [0.5, 0.6) is 0 Å². The molecule has 0 atom stereocenters. The molecule has 0 bridgehead atoms. The van der Waals surface area contributed by atoms with Gasteiger partial charge in [-0.3, -0.25) is 10.6 Å². The van der Waals surface area contributed by atoms with Gasteiger partial charge in [-0.25, -0.2) is 0 Å². The molecular weight excluding hydrogens is 160 g/mol. The molecule has 13 heavy (non-hydrogen) atoms. The molecule has 0 aromatic heterocycles. The molecule has 2 nitrogen and oxygen atoms in total. The molecule has 2 heteroatoms. The number of unbranched alkanes of at least 4 members (excludes halogenated alkanes) is 2. The first kappa shape index (κ1) is 12.9. The number of hydrogen-bond donors (Lipinski definition) is 2. The lowest BCUT2D eigenvalue weighted by Crippen LogP contribution is -2.52. The Labute approximate surface area is 83.5 Å². The fourth-order valence-electron chi connectivity index (χ4n) is 1.28. The molecule has 0 radical (unpaired) electrons. The number of rotatable bonds is 8. The molecule has 0 amide bonds. The Morgan fingerprint density at radius 2 is 1.46 bits per heavy atom.